The van der Waals surface area contributed by atoms with Gasteiger partial charge in [-0.2, -0.15) is 0 Å². The van der Waals surface area contributed by atoms with Gasteiger partial charge < -0.3 is 10.2 Å². The summed E-state index contributed by atoms with van der Waals surface area (Å²) < 4.78 is 0. The molecular formula is C14H23N3. The summed E-state index contributed by atoms with van der Waals surface area (Å²) in [4.78, 5) is 6.83. The molecule has 0 bridgehead atoms. The van der Waals surface area contributed by atoms with Crippen molar-refractivity contribution in [3.63, 3.8) is 0 Å². The van der Waals surface area contributed by atoms with E-state index in [9.17, 15) is 0 Å². The topological polar surface area (TPSA) is 28.2 Å². The number of anilines is 1. The molecule has 1 aliphatic heterocycles. The number of piperidine rings is 1. The number of nitrogens with one attached hydrogen (secondary N) is 1. The van der Waals surface area contributed by atoms with Gasteiger partial charge in [-0.05, 0) is 44.9 Å². The second-order valence-electron chi connectivity index (χ2n) is 4.85. The van der Waals surface area contributed by atoms with Crippen LogP contribution in [0.2, 0.25) is 0 Å². The predicted molar refractivity (Wildman–Crippen MR) is 72.5 cm³/mol. The molecule has 1 aromatic rings. The number of hydrogen-bond donors (Lipinski definition) is 1. The van der Waals surface area contributed by atoms with Crippen LogP contribution in [-0.4, -0.2) is 30.7 Å². The standard InChI is InChI=1S/C14H23N3/c1-3-9-17(14-5-4-7-15-11-14)13-6-8-16-12(2)10-13/h6,8,10,14-15H,3-5,7,9,11H2,1-2H3. The van der Waals surface area contributed by atoms with E-state index < -0.39 is 0 Å². The van der Waals surface area contributed by atoms with E-state index in [2.05, 4.69) is 41.2 Å². The second-order valence-corrected chi connectivity index (χ2v) is 4.85. The molecule has 17 heavy (non-hydrogen) atoms. The lowest BCUT2D eigenvalue weighted by Crippen LogP contribution is -2.46. The first-order chi connectivity index (χ1) is 8.31. The molecule has 1 saturated heterocycles. The maximum atomic E-state index is 4.29. The van der Waals surface area contributed by atoms with E-state index in [1.807, 2.05) is 6.20 Å². The van der Waals surface area contributed by atoms with E-state index in [0.717, 1.165) is 18.8 Å². The summed E-state index contributed by atoms with van der Waals surface area (Å²) in [6.45, 7) is 7.73. The van der Waals surface area contributed by atoms with E-state index in [4.69, 9.17) is 0 Å². The summed E-state index contributed by atoms with van der Waals surface area (Å²) >= 11 is 0. The van der Waals surface area contributed by atoms with Crippen molar-refractivity contribution < 1.29 is 0 Å². The molecule has 0 aliphatic carbocycles. The molecule has 0 radical (unpaired) electrons. The van der Waals surface area contributed by atoms with Gasteiger partial charge in [-0.25, -0.2) is 0 Å². The molecule has 3 nitrogen and oxygen atoms in total. The lowest BCUT2D eigenvalue weighted by molar-refractivity contribution is 0.431. The molecule has 0 aromatic carbocycles. The van der Waals surface area contributed by atoms with Gasteiger partial charge in [0, 0.05) is 36.7 Å². The molecule has 1 unspecified atom stereocenters. The lowest BCUT2D eigenvalue weighted by atomic mass is 10.0. The Labute approximate surface area is 104 Å². The van der Waals surface area contributed by atoms with Crippen LogP contribution in [0.3, 0.4) is 0 Å². The summed E-state index contributed by atoms with van der Waals surface area (Å²) in [5.74, 6) is 0. The van der Waals surface area contributed by atoms with Crippen LogP contribution in [-0.2, 0) is 0 Å². The quantitative estimate of drug-likeness (QED) is 0.865. The lowest BCUT2D eigenvalue weighted by Gasteiger charge is -2.36. The summed E-state index contributed by atoms with van der Waals surface area (Å²) in [6.07, 6.45) is 5.70. The highest BCUT2D eigenvalue weighted by Crippen LogP contribution is 2.21. The number of pyridine rings is 1. The van der Waals surface area contributed by atoms with Crippen LogP contribution in [0.4, 0.5) is 5.69 Å². The second kappa shape index (κ2) is 6.01. The summed E-state index contributed by atoms with van der Waals surface area (Å²) in [7, 11) is 0. The van der Waals surface area contributed by atoms with Crippen molar-refractivity contribution in [2.45, 2.75) is 39.2 Å². The maximum Gasteiger partial charge on any atom is 0.0415 e. The molecule has 0 spiro atoms. The van der Waals surface area contributed by atoms with Crippen LogP contribution < -0.4 is 10.2 Å². The zero-order valence-electron chi connectivity index (χ0n) is 10.9. The summed E-state index contributed by atoms with van der Waals surface area (Å²) in [5.41, 5.74) is 2.43. The average molecular weight is 233 g/mol. The van der Waals surface area contributed by atoms with Crippen LogP contribution in [0.25, 0.3) is 0 Å². The van der Waals surface area contributed by atoms with Gasteiger partial charge >= 0.3 is 0 Å². The van der Waals surface area contributed by atoms with Crippen molar-refractivity contribution in [3.05, 3.63) is 24.0 Å². The largest absolute Gasteiger partial charge is 0.367 e. The minimum Gasteiger partial charge on any atom is -0.367 e. The van der Waals surface area contributed by atoms with Crippen molar-refractivity contribution in [1.82, 2.24) is 10.3 Å². The smallest absolute Gasteiger partial charge is 0.0415 e. The molecule has 94 valence electrons. The Bertz CT molecular complexity index is 345. The zero-order valence-corrected chi connectivity index (χ0v) is 10.9. The van der Waals surface area contributed by atoms with E-state index >= 15 is 0 Å². The average Bonchev–Trinajstić information content (AvgIpc) is 2.37. The van der Waals surface area contributed by atoms with Gasteiger partial charge in [0.25, 0.3) is 0 Å². The fourth-order valence-electron chi connectivity index (χ4n) is 2.57. The predicted octanol–water partition coefficient (Wildman–Crippen LogP) is 2.36. The van der Waals surface area contributed by atoms with E-state index in [0.29, 0.717) is 6.04 Å². The molecule has 1 fully saturated rings. The molecule has 1 N–H and O–H groups in total. The first-order valence-electron chi connectivity index (χ1n) is 6.71. The number of hydrogen-bond acceptors (Lipinski definition) is 3. The summed E-state index contributed by atoms with van der Waals surface area (Å²) in [5, 5.41) is 3.50. The summed E-state index contributed by atoms with van der Waals surface area (Å²) in [6, 6.07) is 4.98. The van der Waals surface area contributed by atoms with Gasteiger partial charge in [0.2, 0.25) is 0 Å². The highest BCUT2D eigenvalue weighted by Gasteiger charge is 2.20. The molecule has 2 heterocycles. The third-order valence-corrected chi connectivity index (χ3v) is 3.39. The third kappa shape index (κ3) is 3.19. The maximum absolute atomic E-state index is 4.29. The number of nitrogens with zero attached hydrogens (tertiary/aromatic N) is 2. The molecule has 1 aromatic heterocycles. The van der Waals surface area contributed by atoms with Crippen LogP contribution in [0.5, 0.6) is 0 Å². The molecule has 1 aliphatic rings. The number of aryl methyl sites for hydroxylation is 1. The van der Waals surface area contributed by atoms with Crippen molar-refractivity contribution in [2.75, 3.05) is 24.5 Å². The Morgan fingerprint density at radius 1 is 1.53 bits per heavy atom. The van der Waals surface area contributed by atoms with Gasteiger partial charge in [-0.3, -0.25) is 4.98 Å². The van der Waals surface area contributed by atoms with Crippen molar-refractivity contribution in [3.8, 4) is 0 Å². The third-order valence-electron chi connectivity index (χ3n) is 3.39. The Morgan fingerprint density at radius 3 is 3.06 bits per heavy atom. The molecule has 3 heteroatoms. The van der Waals surface area contributed by atoms with E-state index in [1.165, 1.54) is 31.5 Å². The van der Waals surface area contributed by atoms with Crippen molar-refractivity contribution in [1.29, 1.82) is 0 Å². The molecular weight excluding hydrogens is 210 g/mol. The first kappa shape index (κ1) is 12.4. The fraction of sp³-hybridized carbons (Fsp3) is 0.643. The Morgan fingerprint density at radius 2 is 2.41 bits per heavy atom. The Hall–Kier alpha value is -1.09. The normalized spacial score (nSPS) is 20.2. The molecule has 2 rings (SSSR count). The Kier molecular flexibility index (Phi) is 4.37. The Balaban J connectivity index is 2.15. The van der Waals surface area contributed by atoms with E-state index in [-0.39, 0.29) is 0 Å². The van der Waals surface area contributed by atoms with Crippen LogP contribution in [0.15, 0.2) is 18.3 Å². The van der Waals surface area contributed by atoms with Crippen molar-refractivity contribution in [2.24, 2.45) is 0 Å². The van der Waals surface area contributed by atoms with Gasteiger partial charge in [-0.15, -0.1) is 0 Å². The SMILES string of the molecule is CCCN(c1ccnc(C)c1)C1CCCNC1. The number of aromatic nitrogens is 1. The zero-order chi connectivity index (χ0) is 12.1. The minimum atomic E-state index is 0.644. The highest BCUT2D eigenvalue weighted by atomic mass is 15.2. The van der Waals surface area contributed by atoms with Gasteiger partial charge in [0.1, 0.15) is 0 Å². The monoisotopic (exact) mass is 233 g/mol. The van der Waals surface area contributed by atoms with Crippen LogP contribution in [0.1, 0.15) is 31.9 Å². The van der Waals surface area contributed by atoms with Gasteiger partial charge in [0.05, 0.1) is 0 Å². The van der Waals surface area contributed by atoms with Crippen molar-refractivity contribution >= 4 is 5.69 Å². The van der Waals surface area contributed by atoms with Crippen LogP contribution in [0, 0.1) is 6.92 Å². The molecule has 0 amide bonds. The minimum absolute atomic E-state index is 0.644. The van der Waals surface area contributed by atoms with Gasteiger partial charge in [-0.1, -0.05) is 6.92 Å². The molecule has 0 saturated carbocycles. The number of rotatable bonds is 4. The fourth-order valence-corrected chi connectivity index (χ4v) is 2.57. The first-order valence-corrected chi connectivity index (χ1v) is 6.71. The van der Waals surface area contributed by atoms with E-state index in [1.54, 1.807) is 0 Å². The van der Waals surface area contributed by atoms with Gasteiger partial charge in [0.15, 0.2) is 0 Å². The highest BCUT2D eigenvalue weighted by molar-refractivity contribution is 5.47. The molecule has 1 atom stereocenters. The van der Waals surface area contributed by atoms with Crippen LogP contribution >= 0.6 is 0 Å².